The van der Waals surface area contributed by atoms with Crippen LogP contribution >= 0.6 is 11.8 Å². The Morgan fingerprint density at radius 3 is 2.55 bits per heavy atom. The van der Waals surface area contributed by atoms with Crippen LogP contribution < -0.4 is 5.73 Å². The quantitative estimate of drug-likeness (QED) is 0.781. The second kappa shape index (κ2) is 7.45. The fourth-order valence-corrected chi connectivity index (χ4v) is 5.95. The Hall–Kier alpha value is 0.180. The third-order valence-corrected chi connectivity index (χ3v) is 7.68. The van der Waals surface area contributed by atoms with E-state index in [1.807, 2.05) is 0 Å². The molecule has 2 fully saturated rings. The van der Waals surface area contributed by atoms with Crippen molar-refractivity contribution < 1.29 is 8.42 Å². The van der Waals surface area contributed by atoms with Crippen molar-refractivity contribution >= 4 is 21.6 Å². The summed E-state index contributed by atoms with van der Waals surface area (Å²) in [5, 5.41) is -0.279. The first kappa shape index (κ1) is 16.5. The number of sulfone groups is 1. The maximum atomic E-state index is 12.2. The van der Waals surface area contributed by atoms with Gasteiger partial charge in [-0.25, -0.2) is 8.42 Å². The van der Waals surface area contributed by atoms with E-state index in [0.29, 0.717) is 6.04 Å². The molecule has 2 aliphatic heterocycles. The summed E-state index contributed by atoms with van der Waals surface area (Å²) in [6.45, 7) is 6.57. The fraction of sp³-hybridized carbons (Fsp3) is 1.00. The molecule has 0 aromatic heterocycles. The summed E-state index contributed by atoms with van der Waals surface area (Å²) >= 11 is 1.76. The zero-order valence-electron chi connectivity index (χ0n) is 12.3. The molecule has 2 N–H and O–H groups in total. The summed E-state index contributed by atoms with van der Waals surface area (Å²) in [4.78, 5) is 4.59. The maximum Gasteiger partial charge on any atom is 0.166 e. The van der Waals surface area contributed by atoms with Gasteiger partial charge in [-0.1, -0.05) is 6.92 Å². The number of thioether (sulfide) groups is 1. The van der Waals surface area contributed by atoms with Gasteiger partial charge in [-0.15, -0.1) is 0 Å². The molecule has 5 nitrogen and oxygen atoms in total. The van der Waals surface area contributed by atoms with Gasteiger partial charge in [-0.2, -0.15) is 11.8 Å². The summed E-state index contributed by atoms with van der Waals surface area (Å²) in [6, 6.07) is 0.353. The van der Waals surface area contributed by atoms with Gasteiger partial charge in [0.15, 0.2) is 9.84 Å². The number of piperidine rings is 1. The summed E-state index contributed by atoms with van der Waals surface area (Å²) in [7, 11) is -2.97. The zero-order valence-corrected chi connectivity index (χ0v) is 14.0. The topological polar surface area (TPSA) is 66.6 Å². The smallest absolute Gasteiger partial charge is 0.166 e. The lowest BCUT2D eigenvalue weighted by Gasteiger charge is -2.37. The van der Waals surface area contributed by atoms with Gasteiger partial charge in [0.1, 0.15) is 5.37 Å². The van der Waals surface area contributed by atoms with Crippen molar-refractivity contribution in [2.45, 2.75) is 31.2 Å². The second-order valence-corrected chi connectivity index (χ2v) is 9.29. The molecule has 2 rings (SSSR count). The largest absolute Gasteiger partial charge is 0.328 e. The minimum atomic E-state index is -2.97. The van der Waals surface area contributed by atoms with Crippen molar-refractivity contribution in [3.63, 3.8) is 0 Å². The van der Waals surface area contributed by atoms with Crippen molar-refractivity contribution in [1.29, 1.82) is 0 Å². The number of likely N-dealkylation sites (tertiary alicyclic amines) is 1. The Morgan fingerprint density at radius 2 is 1.90 bits per heavy atom. The van der Waals surface area contributed by atoms with Gasteiger partial charge in [0, 0.05) is 42.9 Å². The standard InChI is InChI=1S/C13H27N3O2S2/c1-2-20(17,18)13-11-19-10-9-16(13)8-7-15-5-3-12(14)4-6-15/h12-13H,2-11,14H2,1H3. The number of nitrogens with two attached hydrogens (primary N) is 1. The highest BCUT2D eigenvalue weighted by Gasteiger charge is 2.32. The predicted molar refractivity (Wildman–Crippen MR) is 85.8 cm³/mol. The van der Waals surface area contributed by atoms with Crippen LogP contribution in [0.2, 0.25) is 0 Å². The molecule has 0 bridgehead atoms. The number of hydrogen-bond donors (Lipinski definition) is 1. The van der Waals surface area contributed by atoms with E-state index in [4.69, 9.17) is 5.73 Å². The van der Waals surface area contributed by atoms with Crippen molar-refractivity contribution in [2.75, 3.05) is 50.0 Å². The summed E-state index contributed by atoms with van der Waals surface area (Å²) < 4.78 is 24.3. The van der Waals surface area contributed by atoms with Crippen LogP contribution in [0.25, 0.3) is 0 Å². The van der Waals surface area contributed by atoms with E-state index >= 15 is 0 Å². The van der Waals surface area contributed by atoms with E-state index < -0.39 is 9.84 Å². The van der Waals surface area contributed by atoms with Crippen molar-refractivity contribution in [3.8, 4) is 0 Å². The van der Waals surface area contributed by atoms with Gasteiger partial charge in [-0.05, 0) is 25.9 Å². The Morgan fingerprint density at radius 1 is 1.20 bits per heavy atom. The van der Waals surface area contributed by atoms with E-state index in [-0.39, 0.29) is 11.1 Å². The maximum absolute atomic E-state index is 12.2. The van der Waals surface area contributed by atoms with Crippen LogP contribution in [-0.2, 0) is 9.84 Å². The molecule has 0 aliphatic carbocycles. The highest BCUT2D eigenvalue weighted by molar-refractivity contribution is 8.01. The average molecular weight is 322 g/mol. The van der Waals surface area contributed by atoms with Gasteiger partial charge in [0.05, 0.1) is 0 Å². The SMILES string of the molecule is CCS(=O)(=O)C1CSCCN1CCN1CCC(N)CC1. The molecule has 2 saturated heterocycles. The first-order chi connectivity index (χ1) is 9.53. The van der Waals surface area contributed by atoms with E-state index in [0.717, 1.165) is 57.1 Å². The molecular weight excluding hydrogens is 294 g/mol. The van der Waals surface area contributed by atoms with Crippen molar-refractivity contribution in [2.24, 2.45) is 5.73 Å². The van der Waals surface area contributed by atoms with Crippen LogP contribution in [0.1, 0.15) is 19.8 Å². The molecule has 118 valence electrons. The lowest BCUT2D eigenvalue weighted by atomic mass is 10.1. The molecule has 0 aromatic carbocycles. The summed E-state index contributed by atoms with van der Waals surface area (Å²) in [5.41, 5.74) is 5.91. The van der Waals surface area contributed by atoms with E-state index in [9.17, 15) is 8.42 Å². The summed E-state index contributed by atoms with van der Waals surface area (Å²) in [6.07, 6.45) is 2.12. The third kappa shape index (κ3) is 4.34. The zero-order chi connectivity index (χ0) is 14.6. The molecule has 2 aliphatic rings. The molecule has 0 radical (unpaired) electrons. The molecule has 20 heavy (non-hydrogen) atoms. The van der Waals surface area contributed by atoms with Gasteiger partial charge < -0.3 is 10.6 Å². The third-order valence-electron chi connectivity index (χ3n) is 4.34. The highest BCUT2D eigenvalue weighted by atomic mass is 32.2. The Labute approximate surface area is 127 Å². The van der Waals surface area contributed by atoms with Gasteiger partial charge in [0.2, 0.25) is 0 Å². The van der Waals surface area contributed by atoms with E-state index in [1.54, 1.807) is 18.7 Å². The molecule has 0 amide bonds. The number of rotatable bonds is 5. The molecule has 0 aromatic rings. The van der Waals surface area contributed by atoms with Gasteiger partial charge >= 0.3 is 0 Å². The number of hydrogen-bond acceptors (Lipinski definition) is 6. The first-order valence-electron chi connectivity index (χ1n) is 7.54. The predicted octanol–water partition coefficient (Wildman–Crippen LogP) is 0.219. The van der Waals surface area contributed by atoms with Crippen LogP contribution in [-0.4, -0.2) is 79.6 Å². The molecule has 0 saturated carbocycles. The Kier molecular flexibility index (Phi) is 6.16. The molecular formula is C13H27N3O2S2. The minimum absolute atomic E-state index is 0.243. The van der Waals surface area contributed by atoms with Crippen LogP contribution in [0, 0.1) is 0 Å². The van der Waals surface area contributed by atoms with E-state index in [1.165, 1.54) is 0 Å². The van der Waals surface area contributed by atoms with Gasteiger partial charge in [0.25, 0.3) is 0 Å². The first-order valence-corrected chi connectivity index (χ1v) is 10.4. The van der Waals surface area contributed by atoms with Crippen LogP contribution in [0.5, 0.6) is 0 Å². The fourth-order valence-electron chi connectivity index (χ4n) is 2.84. The second-order valence-electron chi connectivity index (χ2n) is 5.70. The van der Waals surface area contributed by atoms with Crippen molar-refractivity contribution in [1.82, 2.24) is 9.80 Å². The molecule has 0 spiro atoms. The van der Waals surface area contributed by atoms with Crippen molar-refractivity contribution in [3.05, 3.63) is 0 Å². The highest BCUT2D eigenvalue weighted by Crippen LogP contribution is 2.21. The molecule has 1 unspecified atom stereocenters. The number of nitrogens with zero attached hydrogens (tertiary/aromatic N) is 2. The Bertz CT molecular complexity index is 394. The molecule has 1 atom stereocenters. The lowest BCUT2D eigenvalue weighted by Crippen LogP contribution is -2.51. The van der Waals surface area contributed by atoms with Gasteiger partial charge in [-0.3, -0.25) is 4.90 Å². The minimum Gasteiger partial charge on any atom is -0.328 e. The monoisotopic (exact) mass is 321 g/mol. The van der Waals surface area contributed by atoms with Crippen LogP contribution in [0.3, 0.4) is 0 Å². The summed E-state index contributed by atoms with van der Waals surface area (Å²) in [5.74, 6) is 2.01. The van der Waals surface area contributed by atoms with Crippen LogP contribution in [0.4, 0.5) is 0 Å². The normalized spacial score (nSPS) is 27.8. The van der Waals surface area contributed by atoms with Crippen LogP contribution in [0.15, 0.2) is 0 Å². The van der Waals surface area contributed by atoms with E-state index in [2.05, 4.69) is 9.80 Å². The molecule has 7 heteroatoms. The lowest BCUT2D eigenvalue weighted by molar-refractivity contribution is 0.171. The Balaban J connectivity index is 1.86. The average Bonchev–Trinajstić information content (AvgIpc) is 2.47. The molecule has 2 heterocycles.